The maximum Gasteiger partial charge on any atom is 0.338 e. The summed E-state index contributed by atoms with van der Waals surface area (Å²) in [4.78, 5) is 37.3. The summed E-state index contributed by atoms with van der Waals surface area (Å²) < 4.78 is 11.5. The van der Waals surface area contributed by atoms with E-state index in [1.165, 1.54) is 11.8 Å². The van der Waals surface area contributed by atoms with Crippen molar-refractivity contribution in [3.8, 4) is 5.75 Å². The van der Waals surface area contributed by atoms with Crippen LogP contribution in [0.1, 0.15) is 36.1 Å². The van der Waals surface area contributed by atoms with Gasteiger partial charge in [-0.05, 0) is 41.7 Å². The third kappa shape index (κ3) is 5.88. The Labute approximate surface area is 231 Å². The molecule has 9 heteroatoms. The molecular weight excluding hydrogens is 512 g/mol. The van der Waals surface area contributed by atoms with Crippen LogP contribution >= 0.6 is 11.8 Å². The molecule has 0 saturated carbocycles. The maximum atomic E-state index is 13.6. The van der Waals surface area contributed by atoms with Crippen molar-refractivity contribution in [2.24, 2.45) is 4.99 Å². The van der Waals surface area contributed by atoms with Gasteiger partial charge in [-0.2, -0.15) is 0 Å². The summed E-state index contributed by atoms with van der Waals surface area (Å²) in [5.41, 5.74) is 4.35. The molecule has 2 aliphatic rings. The molecule has 0 aliphatic carbocycles. The minimum absolute atomic E-state index is 0.119. The number of amides is 1. The number of thioether (sulfide) groups is 1. The van der Waals surface area contributed by atoms with E-state index in [0.29, 0.717) is 28.7 Å². The number of aliphatic imine (C=N–C) groups is 1. The van der Waals surface area contributed by atoms with Gasteiger partial charge < -0.3 is 19.7 Å². The maximum absolute atomic E-state index is 13.6. The third-order valence-electron chi connectivity index (χ3n) is 6.45. The molecule has 3 heterocycles. The van der Waals surface area contributed by atoms with E-state index in [-0.39, 0.29) is 18.9 Å². The molecule has 1 amide bonds. The Morgan fingerprint density at radius 2 is 1.74 bits per heavy atom. The second-order valence-corrected chi connectivity index (χ2v) is 9.84. The largest absolute Gasteiger partial charge is 0.496 e. The molecule has 198 valence electrons. The molecule has 0 bridgehead atoms. The number of esters is 1. The minimum Gasteiger partial charge on any atom is -0.496 e. The van der Waals surface area contributed by atoms with Crippen molar-refractivity contribution in [3.05, 3.63) is 118 Å². The number of carbonyl (C=O) groups excluding carboxylic acids is 2. The van der Waals surface area contributed by atoms with Crippen LogP contribution in [0.5, 0.6) is 5.75 Å². The molecule has 3 aromatic rings. The van der Waals surface area contributed by atoms with Crippen molar-refractivity contribution < 1.29 is 19.1 Å². The number of carbonyl (C=O) groups is 2. The van der Waals surface area contributed by atoms with E-state index in [1.807, 2.05) is 84.0 Å². The zero-order valence-electron chi connectivity index (χ0n) is 21.7. The van der Waals surface area contributed by atoms with Crippen LogP contribution in [0.25, 0.3) is 0 Å². The highest BCUT2D eigenvalue weighted by Gasteiger charge is 2.42. The van der Waals surface area contributed by atoms with Crippen LogP contribution in [0, 0.1) is 0 Å². The van der Waals surface area contributed by atoms with Gasteiger partial charge in [0.25, 0.3) is 0 Å². The number of ether oxygens (including phenoxy) is 2. The summed E-state index contributed by atoms with van der Waals surface area (Å²) in [6, 6.07) is 20.2. The topological polar surface area (TPSA) is 93.1 Å². The summed E-state index contributed by atoms with van der Waals surface area (Å²) in [5.74, 6) is 0.0231. The van der Waals surface area contributed by atoms with E-state index in [0.717, 1.165) is 22.4 Å². The number of amidine groups is 1. The first-order valence-electron chi connectivity index (χ1n) is 12.5. The fourth-order valence-electron chi connectivity index (χ4n) is 4.55. The van der Waals surface area contributed by atoms with Crippen molar-refractivity contribution in [2.75, 3.05) is 7.11 Å². The lowest BCUT2D eigenvalue weighted by molar-refractivity contribution is -0.141. The van der Waals surface area contributed by atoms with Crippen LogP contribution in [-0.2, 0) is 27.5 Å². The molecule has 1 N–H and O–H groups in total. The van der Waals surface area contributed by atoms with Gasteiger partial charge in [-0.15, -0.1) is 0 Å². The average Bonchev–Trinajstić information content (AvgIpc) is 3.36. The Hall–Kier alpha value is -4.37. The Balaban J connectivity index is 1.43. The minimum atomic E-state index is -0.578. The Kier molecular flexibility index (Phi) is 8.07. The highest BCUT2D eigenvalue weighted by Crippen LogP contribution is 2.46. The van der Waals surface area contributed by atoms with Crippen molar-refractivity contribution in [1.29, 1.82) is 0 Å². The SMILES string of the molecule is COc1ccccc1C1C(C(=O)OCc2ccccc2)=C(C)N=C2SC=C(CC(=O)NCc3ccncc3)N21. The van der Waals surface area contributed by atoms with Gasteiger partial charge in [0.15, 0.2) is 5.17 Å². The van der Waals surface area contributed by atoms with Gasteiger partial charge in [0.2, 0.25) is 5.91 Å². The number of nitrogens with one attached hydrogen (secondary N) is 1. The number of allylic oxidation sites excluding steroid dienone is 1. The summed E-state index contributed by atoms with van der Waals surface area (Å²) in [6.45, 7) is 2.35. The second kappa shape index (κ2) is 12.0. The van der Waals surface area contributed by atoms with Gasteiger partial charge in [0.05, 0.1) is 30.8 Å². The van der Waals surface area contributed by atoms with E-state index < -0.39 is 12.0 Å². The Morgan fingerprint density at radius 1 is 1.00 bits per heavy atom. The molecule has 2 aliphatic heterocycles. The fraction of sp³-hybridized carbons (Fsp3) is 0.200. The van der Waals surface area contributed by atoms with Crippen LogP contribution in [0.4, 0.5) is 0 Å². The monoisotopic (exact) mass is 540 g/mol. The van der Waals surface area contributed by atoms with E-state index >= 15 is 0 Å². The zero-order valence-corrected chi connectivity index (χ0v) is 22.5. The molecule has 2 aromatic carbocycles. The normalized spacial score (nSPS) is 16.3. The number of rotatable bonds is 9. The smallest absolute Gasteiger partial charge is 0.338 e. The van der Waals surface area contributed by atoms with Crippen molar-refractivity contribution in [2.45, 2.75) is 32.5 Å². The molecule has 0 radical (unpaired) electrons. The van der Waals surface area contributed by atoms with Crippen molar-refractivity contribution in [3.63, 3.8) is 0 Å². The number of benzene rings is 2. The molecule has 1 aromatic heterocycles. The van der Waals surface area contributed by atoms with Crippen molar-refractivity contribution >= 4 is 28.8 Å². The van der Waals surface area contributed by atoms with Crippen LogP contribution in [0.3, 0.4) is 0 Å². The summed E-state index contributed by atoms with van der Waals surface area (Å²) in [6.07, 6.45) is 3.51. The van der Waals surface area contributed by atoms with Gasteiger partial charge in [0.1, 0.15) is 12.4 Å². The molecule has 1 atom stereocenters. The number of methoxy groups -OCH3 is 1. The first-order valence-corrected chi connectivity index (χ1v) is 13.4. The third-order valence-corrected chi connectivity index (χ3v) is 7.34. The van der Waals surface area contributed by atoms with Gasteiger partial charge in [-0.3, -0.25) is 9.78 Å². The van der Waals surface area contributed by atoms with Crippen LogP contribution < -0.4 is 10.1 Å². The van der Waals surface area contributed by atoms with Crippen LogP contribution in [-0.4, -0.2) is 34.0 Å². The fourth-order valence-corrected chi connectivity index (χ4v) is 5.51. The number of fused-ring (bicyclic) bond motifs is 1. The van der Waals surface area contributed by atoms with Gasteiger partial charge in [-0.1, -0.05) is 60.3 Å². The van der Waals surface area contributed by atoms with Gasteiger partial charge in [-0.25, -0.2) is 9.79 Å². The second-order valence-electron chi connectivity index (χ2n) is 9.01. The lowest BCUT2D eigenvalue weighted by atomic mass is 9.93. The van der Waals surface area contributed by atoms with E-state index in [1.54, 1.807) is 19.5 Å². The number of aromatic nitrogens is 1. The standard InChI is InChI=1S/C30H28N4O4S/c1-20-27(29(36)38-18-22-8-4-3-5-9-22)28(24-10-6-7-11-25(24)37-2)34-23(19-39-30(34)33-20)16-26(35)32-17-21-12-14-31-15-13-21/h3-15,19,28H,16-18H2,1-2H3,(H,32,35). The molecule has 1 unspecified atom stereocenters. The first kappa shape index (κ1) is 26.2. The highest BCUT2D eigenvalue weighted by molar-refractivity contribution is 8.16. The average molecular weight is 541 g/mol. The van der Waals surface area contributed by atoms with Crippen LogP contribution in [0.15, 0.2) is 106 Å². The lowest BCUT2D eigenvalue weighted by Gasteiger charge is -2.36. The molecule has 5 rings (SSSR count). The molecule has 39 heavy (non-hydrogen) atoms. The number of para-hydroxylation sites is 1. The quantitative estimate of drug-likeness (QED) is 0.377. The lowest BCUT2D eigenvalue weighted by Crippen LogP contribution is -2.38. The molecule has 8 nitrogen and oxygen atoms in total. The van der Waals surface area contributed by atoms with E-state index in [4.69, 9.17) is 14.5 Å². The number of pyridine rings is 1. The van der Waals surface area contributed by atoms with E-state index in [2.05, 4.69) is 10.3 Å². The zero-order chi connectivity index (χ0) is 27.2. The molecule has 0 spiro atoms. The number of hydrogen-bond donors (Lipinski definition) is 1. The first-order chi connectivity index (χ1) is 19.0. The molecule has 0 fully saturated rings. The van der Waals surface area contributed by atoms with Gasteiger partial charge in [0, 0.05) is 30.2 Å². The molecular formula is C30H28N4O4S. The summed E-state index contributed by atoms with van der Waals surface area (Å²) in [5, 5.41) is 5.58. The predicted octanol–water partition coefficient (Wildman–Crippen LogP) is 5.12. The Bertz CT molecular complexity index is 1450. The molecule has 0 saturated heterocycles. The summed E-state index contributed by atoms with van der Waals surface area (Å²) >= 11 is 1.43. The summed E-state index contributed by atoms with van der Waals surface area (Å²) in [7, 11) is 1.60. The highest BCUT2D eigenvalue weighted by atomic mass is 32.2. The van der Waals surface area contributed by atoms with Gasteiger partial charge >= 0.3 is 5.97 Å². The van der Waals surface area contributed by atoms with Crippen molar-refractivity contribution in [1.82, 2.24) is 15.2 Å². The predicted molar refractivity (Wildman–Crippen MR) is 150 cm³/mol. The van der Waals surface area contributed by atoms with E-state index in [9.17, 15) is 9.59 Å². The van der Waals surface area contributed by atoms with Crippen LogP contribution in [0.2, 0.25) is 0 Å². The number of hydrogen-bond acceptors (Lipinski definition) is 8. The number of nitrogens with zero attached hydrogens (tertiary/aromatic N) is 3. The Morgan fingerprint density at radius 3 is 2.51 bits per heavy atom.